The number of methoxy groups -OCH3 is 1. The van der Waals surface area contributed by atoms with Crippen LogP contribution < -0.4 is 15.0 Å². The average Bonchev–Trinajstić information content (AvgIpc) is 2.71. The Hall–Kier alpha value is -3.78. The van der Waals surface area contributed by atoms with Gasteiger partial charge in [-0.1, -0.05) is 30.4 Å². The van der Waals surface area contributed by atoms with Crippen molar-refractivity contribution < 1.29 is 24.2 Å². The summed E-state index contributed by atoms with van der Waals surface area (Å²) in [5.41, 5.74) is 0.988. The summed E-state index contributed by atoms with van der Waals surface area (Å²) in [7, 11) is 1.57. The lowest BCUT2D eigenvalue weighted by atomic mass is 10.1. The molecule has 8 heteroatoms. The van der Waals surface area contributed by atoms with Gasteiger partial charge >= 0.3 is 5.97 Å². The van der Waals surface area contributed by atoms with Crippen molar-refractivity contribution in [2.75, 3.05) is 12.0 Å². The molecule has 1 aliphatic rings. The number of nitrogens with one attached hydrogen (secondary N) is 1. The Kier molecular flexibility index (Phi) is 5.85. The van der Waals surface area contributed by atoms with Gasteiger partial charge in [-0.15, -0.1) is 0 Å². The highest BCUT2D eigenvalue weighted by molar-refractivity contribution is 7.80. The quantitative estimate of drug-likeness (QED) is 0.449. The first-order chi connectivity index (χ1) is 13.9. The molecule has 1 heterocycles. The van der Waals surface area contributed by atoms with Crippen LogP contribution in [0.15, 0.2) is 66.3 Å². The van der Waals surface area contributed by atoms with Gasteiger partial charge in [0.2, 0.25) is 0 Å². The fourth-order valence-electron chi connectivity index (χ4n) is 2.66. The summed E-state index contributed by atoms with van der Waals surface area (Å²) >= 11 is 5.11. The summed E-state index contributed by atoms with van der Waals surface area (Å²) in [5.74, 6) is -1.68. The van der Waals surface area contributed by atoms with E-state index in [4.69, 9.17) is 22.1 Å². The summed E-state index contributed by atoms with van der Waals surface area (Å²) in [4.78, 5) is 37.4. The number of aromatic carboxylic acids is 1. The highest BCUT2D eigenvalue weighted by Gasteiger charge is 2.34. The monoisotopic (exact) mass is 408 g/mol. The molecule has 146 valence electrons. The third-order valence-corrected chi connectivity index (χ3v) is 4.40. The molecule has 2 N–H and O–H groups in total. The predicted octanol–water partition coefficient (Wildman–Crippen LogP) is 2.78. The van der Waals surface area contributed by atoms with E-state index in [1.807, 2.05) is 12.1 Å². The first-order valence-corrected chi connectivity index (χ1v) is 8.87. The van der Waals surface area contributed by atoms with Gasteiger partial charge in [-0.2, -0.15) is 0 Å². The first-order valence-electron chi connectivity index (χ1n) is 8.46. The molecule has 0 aliphatic carbocycles. The fraction of sp³-hybridized carbons (Fsp3) is 0.0476. The molecule has 7 nitrogen and oxygen atoms in total. The lowest BCUT2D eigenvalue weighted by Gasteiger charge is -2.28. The van der Waals surface area contributed by atoms with E-state index in [9.17, 15) is 14.4 Å². The number of thiocarbonyl (C=S) groups is 1. The van der Waals surface area contributed by atoms with E-state index in [0.717, 1.165) is 16.2 Å². The molecule has 2 amide bonds. The van der Waals surface area contributed by atoms with Gasteiger partial charge in [0.25, 0.3) is 11.8 Å². The molecule has 0 spiro atoms. The highest BCUT2D eigenvalue weighted by atomic mass is 32.1. The number of carbonyl (C=O) groups is 3. The van der Waals surface area contributed by atoms with Gasteiger partial charge in [0.15, 0.2) is 5.11 Å². The van der Waals surface area contributed by atoms with Crippen molar-refractivity contribution in [2.45, 2.75) is 0 Å². The number of carboxylic acid groups (broad SMARTS) is 1. The maximum Gasteiger partial charge on any atom is 0.335 e. The summed E-state index contributed by atoms with van der Waals surface area (Å²) in [6.45, 7) is 0. The molecule has 0 saturated carbocycles. The average molecular weight is 408 g/mol. The first kappa shape index (κ1) is 20.0. The van der Waals surface area contributed by atoms with Crippen LogP contribution in [0.2, 0.25) is 0 Å². The molecule has 0 atom stereocenters. The summed E-state index contributed by atoms with van der Waals surface area (Å²) in [6, 6.07) is 13.0. The maximum atomic E-state index is 12.9. The van der Waals surface area contributed by atoms with Gasteiger partial charge in [0.1, 0.15) is 11.3 Å². The van der Waals surface area contributed by atoms with E-state index in [2.05, 4.69) is 5.32 Å². The zero-order chi connectivity index (χ0) is 21.0. The zero-order valence-electron chi connectivity index (χ0n) is 15.3. The summed E-state index contributed by atoms with van der Waals surface area (Å²) in [6.07, 6.45) is 4.70. The van der Waals surface area contributed by atoms with E-state index in [1.54, 1.807) is 37.5 Å². The maximum absolute atomic E-state index is 12.9. The van der Waals surface area contributed by atoms with Gasteiger partial charge in [-0.05, 0) is 54.2 Å². The number of carbonyl (C=O) groups excluding carboxylic acids is 2. The van der Waals surface area contributed by atoms with E-state index in [1.165, 1.54) is 24.3 Å². The Morgan fingerprint density at radius 2 is 1.90 bits per heavy atom. The number of rotatable bonds is 5. The van der Waals surface area contributed by atoms with Gasteiger partial charge < -0.3 is 9.84 Å². The number of benzene rings is 2. The molecule has 1 aliphatic heterocycles. The molecule has 3 rings (SSSR count). The lowest BCUT2D eigenvalue weighted by Crippen LogP contribution is -2.54. The van der Waals surface area contributed by atoms with E-state index >= 15 is 0 Å². The molecule has 2 aromatic carbocycles. The van der Waals surface area contributed by atoms with Crippen molar-refractivity contribution in [1.29, 1.82) is 0 Å². The molecule has 0 bridgehead atoms. The summed E-state index contributed by atoms with van der Waals surface area (Å²) in [5, 5.41) is 11.5. The third kappa shape index (κ3) is 4.39. The molecule has 0 aromatic heterocycles. The van der Waals surface area contributed by atoms with Crippen LogP contribution in [0.25, 0.3) is 6.08 Å². The molecule has 29 heavy (non-hydrogen) atoms. The Bertz CT molecular complexity index is 1060. The molecule has 1 saturated heterocycles. The number of amides is 2. The second-order valence-corrected chi connectivity index (χ2v) is 6.35. The number of ether oxygens (including phenoxy) is 1. The SMILES string of the molecule is COc1ccc(C=CC=C2C(=O)NC(=S)N(c3cccc(C(=O)O)c3)C2=O)cc1. The minimum absolute atomic E-state index is 0.0000637. The number of nitrogens with zero attached hydrogens (tertiary/aromatic N) is 1. The van der Waals surface area contributed by atoms with Crippen LogP contribution in [-0.4, -0.2) is 35.1 Å². The Morgan fingerprint density at radius 3 is 2.55 bits per heavy atom. The van der Waals surface area contributed by atoms with Crippen molar-refractivity contribution in [2.24, 2.45) is 0 Å². The van der Waals surface area contributed by atoms with Crippen LogP contribution in [-0.2, 0) is 9.59 Å². The van der Waals surface area contributed by atoms with Crippen molar-refractivity contribution in [3.8, 4) is 5.75 Å². The zero-order valence-corrected chi connectivity index (χ0v) is 16.1. The fourth-order valence-corrected chi connectivity index (χ4v) is 2.94. The topological polar surface area (TPSA) is 95.9 Å². The van der Waals surface area contributed by atoms with Crippen LogP contribution in [0.3, 0.4) is 0 Å². The lowest BCUT2D eigenvalue weighted by molar-refractivity contribution is -0.122. The number of hydrogen-bond donors (Lipinski definition) is 2. The molecular formula is C21H16N2O5S. The number of hydrogen-bond acceptors (Lipinski definition) is 5. The van der Waals surface area contributed by atoms with Gasteiger partial charge in [-0.25, -0.2) is 4.79 Å². The van der Waals surface area contributed by atoms with Crippen LogP contribution in [0, 0.1) is 0 Å². The van der Waals surface area contributed by atoms with E-state index in [-0.39, 0.29) is 21.9 Å². The van der Waals surface area contributed by atoms with Crippen molar-refractivity contribution in [1.82, 2.24) is 5.32 Å². The van der Waals surface area contributed by atoms with Crippen LogP contribution >= 0.6 is 12.2 Å². The summed E-state index contributed by atoms with van der Waals surface area (Å²) < 4.78 is 5.10. The van der Waals surface area contributed by atoms with Gasteiger partial charge in [-0.3, -0.25) is 19.8 Å². The van der Waals surface area contributed by atoms with Gasteiger partial charge in [0, 0.05) is 0 Å². The van der Waals surface area contributed by atoms with Crippen molar-refractivity contribution in [3.05, 3.63) is 77.4 Å². The van der Waals surface area contributed by atoms with Crippen LogP contribution in [0.5, 0.6) is 5.75 Å². The largest absolute Gasteiger partial charge is 0.497 e. The minimum atomic E-state index is -1.13. The van der Waals surface area contributed by atoms with Gasteiger partial charge in [0.05, 0.1) is 18.4 Å². The van der Waals surface area contributed by atoms with E-state index in [0.29, 0.717) is 0 Å². The minimum Gasteiger partial charge on any atom is -0.497 e. The molecular weight excluding hydrogens is 392 g/mol. The number of allylic oxidation sites excluding steroid dienone is 2. The third-order valence-electron chi connectivity index (χ3n) is 4.12. The normalized spacial score (nSPS) is 15.7. The van der Waals surface area contributed by atoms with Crippen LogP contribution in [0.1, 0.15) is 15.9 Å². The second kappa shape index (κ2) is 8.49. The smallest absolute Gasteiger partial charge is 0.335 e. The number of carboxylic acids is 1. The van der Waals surface area contributed by atoms with Crippen molar-refractivity contribution >= 4 is 46.9 Å². The molecule has 0 radical (unpaired) electrons. The second-order valence-electron chi connectivity index (χ2n) is 5.97. The molecule has 1 fully saturated rings. The predicted molar refractivity (Wildman–Crippen MR) is 112 cm³/mol. The Balaban J connectivity index is 1.88. The van der Waals surface area contributed by atoms with Crippen molar-refractivity contribution in [3.63, 3.8) is 0 Å². The molecule has 0 unspecified atom stereocenters. The van der Waals surface area contributed by atoms with E-state index < -0.39 is 17.8 Å². The highest BCUT2D eigenvalue weighted by Crippen LogP contribution is 2.22. The Morgan fingerprint density at radius 1 is 1.17 bits per heavy atom. The van der Waals surface area contributed by atoms with Crippen LogP contribution in [0.4, 0.5) is 5.69 Å². The Labute approximate surface area is 171 Å². The standard InChI is InChI=1S/C21H16N2O5S/c1-28-16-10-8-13(9-11-16)4-2-7-17-18(24)22-21(29)23(19(17)25)15-6-3-5-14(12-15)20(26)27/h2-12H,1H3,(H,26,27)(H,22,24,29). The molecule has 2 aromatic rings. The number of anilines is 1.